The molecule has 0 aromatic carbocycles. The van der Waals surface area contributed by atoms with E-state index in [0.29, 0.717) is 16.9 Å². The van der Waals surface area contributed by atoms with Crippen LogP contribution in [0, 0.1) is 0 Å². The van der Waals surface area contributed by atoms with Gasteiger partial charge in [-0.3, -0.25) is 0 Å². The molecule has 1 aliphatic carbocycles. The van der Waals surface area contributed by atoms with E-state index in [1.165, 1.54) is 29.7 Å². The molecule has 0 aliphatic heterocycles. The van der Waals surface area contributed by atoms with E-state index in [0.717, 1.165) is 17.7 Å². The molecule has 0 amide bonds. The maximum Gasteiger partial charge on any atom is 0.402 e. The normalized spacial score (nSPS) is 16.6. The van der Waals surface area contributed by atoms with Crippen molar-refractivity contribution in [2.45, 2.75) is 43.4 Å². The average Bonchev–Trinajstić information content (AvgIpc) is 3.08. The number of nitrogens with one attached hydrogen (secondary N) is 1. The molecule has 1 aromatic rings. The van der Waals surface area contributed by atoms with E-state index in [2.05, 4.69) is 5.32 Å². The SMILES string of the molecule is CCN(CC(F)(F)F)S(=O)(=O)c1csc(CNC2CC2)c1. The first kappa shape index (κ1) is 16.7. The fourth-order valence-electron chi connectivity index (χ4n) is 1.84. The minimum atomic E-state index is -4.55. The van der Waals surface area contributed by atoms with Crippen LogP contribution in [0.5, 0.6) is 0 Å². The minimum Gasteiger partial charge on any atom is -0.309 e. The first-order valence-electron chi connectivity index (χ1n) is 6.60. The van der Waals surface area contributed by atoms with Gasteiger partial charge in [0, 0.05) is 29.4 Å². The number of rotatable bonds is 7. The Morgan fingerprint density at radius 1 is 1.43 bits per heavy atom. The molecule has 1 N–H and O–H groups in total. The Labute approximate surface area is 126 Å². The number of nitrogens with zero attached hydrogens (tertiary/aromatic N) is 1. The highest BCUT2D eigenvalue weighted by Gasteiger charge is 2.36. The van der Waals surface area contributed by atoms with E-state index in [9.17, 15) is 21.6 Å². The van der Waals surface area contributed by atoms with Crippen molar-refractivity contribution in [3.05, 3.63) is 16.3 Å². The van der Waals surface area contributed by atoms with Crippen LogP contribution >= 0.6 is 11.3 Å². The second kappa shape index (κ2) is 6.23. The zero-order valence-electron chi connectivity index (χ0n) is 11.5. The Kier molecular flexibility index (Phi) is 4.96. The smallest absolute Gasteiger partial charge is 0.309 e. The van der Waals surface area contributed by atoms with Crippen molar-refractivity contribution in [1.82, 2.24) is 9.62 Å². The van der Waals surface area contributed by atoms with Gasteiger partial charge in [-0.05, 0) is 18.9 Å². The maximum atomic E-state index is 12.4. The van der Waals surface area contributed by atoms with Crippen LogP contribution in [0.4, 0.5) is 13.2 Å². The van der Waals surface area contributed by atoms with E-state index < -0.39 is 22.7 Å². The largest absolute Gasteiger partial charge is 0.402 e. The Bertz CT molecular complexity index is 580. The Balaban J connectivity index is 2.09. The van der Waals surface area contributed by atoms with Crippen LogP contribution in [0.15, 0.2) is 16.3 Å². The lowest BCUT2D eigenvalue weighted by atomic mass is 10.4. The highest BCUT2D eigenvalue weighted by molar-refractivity contribution is 7.89. The van der Waals surface area contributed by atoms with Crippen molar-refractivity contribution in [2.24, 2.45) is 0 Å². The molecule has 1 fully saturated rings. The van der Waals surface area contributed by atoms with Crippen LogP contribution in [-0.2, 0) is 16.6 Å². The van der Waals surface area contributed by atoms with Crippen LogP contribution in [0.1, 0.15) is 24.6 Å². The lowest BCUT2D eigenvalue weighted by Gasteiger charge is -2.21. The number of hydrogen-bond acceptors (Lipinski definition) is 4. The topological polar surface area (TPSA) is 49.4 Å². The summed E-state index contributed by atoms with van der Waals surface area (Å²) in [6, 6.07) is 1.94. The number of hydrogen-bond donors (Lipinski definition) is 1. The fourth-order valence-corrected chi connectivity index (χ4v) is 4.48. The van der Waals surface area contributed by atoms with Gasteiger partial charge in [-0.25, -0.2) is 8.42 Å². The summed E-state index contributed by atoms with van der Waals surface area (Å²) in [5.74, 6) is 0. The van der Waals surface area contributed by atoms with Crippen molar-refractivity contribution in [2.75, 3.05) is 13.1 Å². The Hall–Kier alpha value is -0.640. The van der Waals surface area contributed by atoms with Gasteiger partial charge in [0.05, 0.1) is 4.90 Å². The molecule has 120 valence electrons. The molecule has 0 saturated heterocycles. The molecule has 0 atom stereocenters. The summed E-state index contributed by atoms with van der Waals surface area (Å²) in [5, 5.41) is 4.64. The van der Waals surface area contributed by atoms with Gasteiger partial charge in [0.15, 0.2) is 0 Å². The number of halogens is 3. The van der Waals surface area contributed by atoms with E-state index in [-0.39, 0.29) is 11.4 Å². The highest BCUT2D eigenvalue weighted by Crippen LogP contribution is 2.26. The molecule has 1 aliphatic rings. The summed E-state index contributed by atoms with van der Waals surface area (Å²) < 4.78 is 62.2. The van der Waals surface area contributed by atoms with E-state index >= 15 is 0 Å². The molecule has 0 bridgehead atoms. The average molecular weight is 342 g/mol. The number of thiophene rings is 1. The molecule has 21 heavy (non-hydrogen) atoms. The van der Waals surface area contributed by atoms with Gasteiger partial charge in [-0.15, -0.1) is 11.3 Å². The number of alkyl halides is 3. The third kappa shape index (κ3) is 4.67. The molecular formula is C12H17F3N2O2S2. The van der Waals surface area contributed by atoms with Gasteiger partial charge in [0.1, 0.15) is 6.54 Å². The quantitative estimate of drug-likeness (QED) is 0.829. The van der Waals surface area contributed by atoms with Crippen LogP contribution in [0.3, 0.4) is 0 Å². The molecule has 0 radical (unpaired) electrons. The summed E-state index contributed by atoms with van der Waals surface area (Å²) in [5.41, 5.74) is 0. The second-order valence-electron chi connectivity index (χ2n) is 4.95. The lowest BCUT2D eigenvalue weighted by molar-refractivity contribution is -0.135. The summed E-state index contributed by atoms with van der Waals surface area (Å²) in [7, 11) is -4.09. The van der Waals surface area contributed by atoms with Crippen LogP contribution in [0.25, 0.3) is 0 Å². The van der Waals surface area contributed by atoms with Gasteiger partial charge in [0.2, 0.25) is 10.0 Å². The Morgan fingerprint density at radius 2 is 2.10 bits per heavy atom. The molecule has 0 spiro atoms. The number of sulfonamides is 1. The molecule has 1 heterocycles. The van der Waals surface area contributed by atoms with Crippen molar-refractivity contribution in [3.8, 4) is 0 Å². The maximum absolute atomic E-state index is 12.4. The lowest BCUT2D eigenvalue weighted by Crippen LogP contribution is -2.38. The summed E-state index contributed by atoms with van der Waals surface area (Å²) in [6.07, 6.45) is -2.31. The first-order valence-corrected chi connectivity index (χ1v) is 8.92. The fraction of sp³-hybridized carbons (Fsp3) is 0.667. The summed E-state index contributed by atoms with van der Waals surface area (Å²) >= 11 is 1.24. The predicted octanol–water partition coefficient (Wildman–Crippen LogP) is 2.57. The Morgan fingerprint density at radius 3 is 2.62 bits per heavy atom. The van der Waals surface area contributed by atoms with Crippen molar-refractivity contribution in [3.63, 3.8) is 0 Å². The standard InChI is InChI=1S/C12H17F3N2O2S2/c1-2-17(8-12(13,14)15)21(18,19)11-5-10(20-7-11)6-16-9-3-4-9/h5,7,9,16H,2-4,6,8H2,1H3. The molecular weight excluding hydrogens is 325 g/mol. The molecule has 1 aromatic heterocycles. The van der Waals surface area contributed by atoms with Gasteiger partial charge < -0.3 is 5.32 Å². The van der Waals surface area contributed by atoms with E-state index in [4.69, 9.17) is 0 Å². The van der Waals surface area contributed by atoms with E-state index in [1.54, 1.807) is 0 Å². The zero-order valence-corrected chi connectivity index (χ0v) is 13.1. The molecule has 2 rings (SSSR count). The molecule has 9 heteroatoms. The van der Waals surface area contributed by atoms with Crippen molar-refractivity contribution < 1.29 is 21.6 Å². The van der Waals surface area contributed by atoms with Crippen molar-refractivity contribution >= 4 is 21.4 Å². The van der Waals surface area contributed by atoms with Gasteiger partial charge in [0.25, 0.3) is 0 Å². The molecule has 1 saturated carbocycles. The first-order chi connectivity index (χ1) is 9.72. The van der Waals surface area contributed by atoms with Crippen LogP contribution < -0.4 is 5.32 Å². The van der Waals surface area contributed by atoms with Gasteiger partial charge in [-0.2, -0.15) is 17.5 Å². The third-order valence-electron chi connectivity index (χ3n) is 3.12. The monoisotopic (exact) mass is 342 g/mol. The highest BCUT2D eigenvalue weighted by atomic mass is 32.2. The van der Waals surface area contributed by atoms with Gasteiger partial charge in [-0.1, -0.05) is 6.92 Å². The summed E-state index contributed by atoms with van der Waals surface area (Å²) in [6.45, 7) is 0.270. The summed E-state index contributed by atoms with van der Waals surface area (Å²) in [4.78, 5) is 0.745. The minimum absolute atomic E-state index is 0.0637. The van der Waals surface area contributed by atoms with Crippen LogP contribution in [0.2, 0.25) is 0 Å². The van der Waals surface area contributed by atoms with Crippen LogP contribution in [-0.4, -0.2) is 38.0 Å². The van der Waals surface area contributed by atoms with E-state index in [1.807, 2.05) is 0 Å². The third-order valence-corrected chi connectivity index (χ3v) is 6.10. The van der Waals surface area contributed by atoms with Crippen molar-refractivity contribution in [1.29, 1.82) is 0 Å². The second-order valence-corrected chi connectivity index (χ2v) is 7.88. The zero-order chi connectivity index (χ0) is 15.7. The predicted molar refractivity (Wildman–Crippen MR) is 74.7 cm³/mol. The van der Waals surface area contributed by atoms with Gasteiger partial charge >= 0.3 is 6.18 Å². The molecule has 0 unspecified atom stereocenters. The molecule has 4 nitrogen and oxygen atoms in total.